The number of piperidine rings is 1. The first kappa shape index (κ1) is 16.4. The average Bonchev–Trinajstić information content (AvgIpc) is 2.57. The number of nitrogens with zero attached hydrogens (tertiary/aromatic N) is 2. The molecule has 1 amide bonds. The quantitative estimate of drug-likeness (QED) is 0.888. The van der Waals surface area contributed by atoms with Gasteiger partial charge in [0.1, 0.15) is 5.82 Å². The number of carbonyl (C=O) groups is 1. The average molecular weight is 322 g/mol. The van der Waals surface area contributed by atoms with Gasteiger partial charge in [0.05, 0.1) is 12.2 Å². The molecule has 1 unspecified atom stereocenters. The molecule has 2 fully saturated rings. The van der Waals surface area contributed by atoms with E-state index in [1.165, 1.54) is 24.3 Å². The minimum absolute atomic E-state index is 0.289. The van der Waals surface area contributed by atoms with Gasteiger partial charge in [-0.25, -0.2) is 4.39 Å². The Morgan fingerprint density at radius 1 is 1.26 bits per heavy atom. The zero-order valence-corrected chi connectivity index (χ0v) is 13.4. The molecular formula is C17H23FN2O3. The van der Waals surface area contributed by atoms with Crippen molar-refractivity contribution >= 4 is 5.91 Å². The Labute approximate surface area is 135 Å². The summed E-state index contributed by atoms with van der Waals surface area (Å²) in [6, 6.07) is 5.40. The lowest BCUT2D eigenvalue weighted by atomic mass is 9.89. The van der Waals surface area contributed by atoms with Crippen LogP contribution in [0.15, 0.2) is 24.3 Å². The van der Waals surface area contributed by atoms with Crippen LogP contribution in [0.4, 0.5) is 4.39 Å². The Morgan fingerprint density at radius 3 is 2.57 bits per heavy atom. The summed E-state index contributed by atoms with van der Waals surface area (Å²) in [5.74, 6) is -0.719. The van der Waals surface area contributed by atoms with Crippen LogP contribution in [0.1, 0.15) is 24.5 Å². The van der Waals surface area contributed by atoms with E-state index in [0.717, 1.165) is 25.9 Å². The van der Waals surface area contributed by atoms with Crippen molar-refractivity contribution in [1.29, 1.82) is 0 Å². The maximum Gasteiger partial charge on any atom is 0.256 e. The summed E-state index contributed by atoms with van der Waals surface area (Å²) < 4.78 is 19.0. The van der Waals surface area contributed by atoms with Crippen molar-refractivity contribution in [2.24, 2.45) is 0 Å². The molecule has 0 radical (unpaired) electrons. The fourth-order valence-corrected chi connectivity index (χ4v) is 3.32. The summed E-state index contributed by atoms with van der Waals surface area (Å²) in [7, 11) is 2.08. The Hall–Kier alpha value is -1.50. The molecule has 0 aromatic heterocycles. The van der Waals surface area contributed by atoms with Crippen LogP contribution >= 0.6 is 0 Å². The highest BCUT2D eigenvalue weighted by molar-refractivity contribution is 5.82. The van der Waals surface area contributed by atoms with Gasteiger partial charge in [-0.15, -0.1) is 0 Å². The van der Waals surface area contributed by atoms with E-state index in [1.54, 1.807) is 4.90 Å². The lowest BCUT2D eigenvalue weighted by Crippen LogP contribution is -2.58. The normalized spacial score (nSPS) is 23.0. The molecule has 1 aromatic carbocycles. The molecule has 2 aliphatic heterocycles. The maximum absolute atomic E-state index is 13.0. The van der Waals surface area contributed by atoms with Gasteiger partial charge in [-0.2, -0.15) is 0 Å². The van der Waals surface area contributed by atoms with Crippen molar-refractivity contribution in [2.45, 2.75) is 24.5 Å². The van der Waals surface area contributed by atoms with Gasteiger partial charge in [0.25, 0.3) is 5.91 Å². The van der Waals surface area contributed by atoms with Gasteiger partial charge in [-0.05, 0) is 37.6 Å². The molecule has 5 nitrogen and oxygen atoms in total. The SMILES string of the molecule is CN1CCC2(CC1)CN(C(=O)C(O)c1ccc(F)cc1)CCO2. The summed E-state index contributed by atoms with van der Waals surface area (Å²) in [5, 5.41) is 10.3. The lowest BCUT2D eigenvalue weighted by molar-refractivity contribution is -0.165. The molecule has 1 atom stereocenters. The predicted molar refractivity (Wildman–Crippen MR) is 83.4 cm³/mol. The summed E-state index contributed by atoms with van der Waals surface area (Å²) in [6.45, 7) is 3.38. The number of aliphatic hydroxyl groups excluding tert-OH is 1. The molecule has 1 aromatic rings. The van der Waals surface area contributed by atoms with Gasteiger partial charge in [-0.1, -0.05) is 12.1 Å². The number of rotatable bonds is 2. The molecular weight excluding hydrogens is 299 g/mol. The number of hydrogen-bond acceptors (Lipinski definition) is 4. The van der Waals surface area contributed by atoms with E-state index in [0.29, 0.717) is 25.3 Å². The van der Waals surface area contributed by atoms with Gasteiger partial charge < -0.3 is 19.6 Å². The van der Waals surface area contributed by atoms with Crippen molar-refractivity contribution in [3.8, 4) is 0 Å². The largest absolute Gasteiger partial charge is 0.378 e. The number of halogens is 1. The Kier molecular flexibility index (Phi) is 4.66. The number of aliphatic hydroxyl groups is 1. The minimum Gasteiger partial charge on any atom is -0.378 e. The van der Waals surface area contributed by atoms with E-state index in [9.17, 15) is 14.3 Å². The maximum atomic E-state index is 13.0. The van der Waals surface area contributed by atoms with Crippen LogP contribution in [0.25, 0.3) is 0 Å². The Bertz CT molecular complexity index is 555. The molecule has 23 heavy (non-hydrogen) atoms. The molecule has 1 N–H and O–H groups in total. The smallest absolute Gasteiger partial charge is 0.256 e. The number of ether oxygens (including phenoxy) is 1. The van der Waals surface area contributed by atoms with Crippen molar-refractivity contribution < 1.29 is 19.0 Å². The molecule has 2 aliphatic rings. The van der Waals surface area contributed by atoms with Crippen LogP contribution in [0.3, 0.4) is 0 Å². The van der Waals surface area contributed by atoms with E-state index < -0.39 is 6.10 Å². The molecule has 0 bridgehead atoms. The van der Waals surface area contributed by atoms with Crippen LogP contribution in [-0.2, 0) is 9.53 Å². The second-order valence-electron chi connectivity index (χ2n) is 6.55. The van der Waals surface area contributed by atoms with E-state index in [2.05, 4.69) is 11.9 Å². The molecule has 1 spiro atoms. The van der Waals surface area contributed by atoms with Crippen molar-refractivity contribution in [3.05, 3.63) is 35.6 Å². The number of benzene rings is 1. The van der Waals surface area contributed by atoms with E-state index in [4.69, 9.17) is 4.74 Å². The molecule has 0 aliphatic carbocycles. The third-order valence-corrected chi connectivity index (χ3v) is 4.88. The minimum atomic E-state index is -1.25. The highest BCUT2D eigenvalue weighted by atomic mass is 19.1. The summed E-state index contributed by atoms with van der Waals surface area (Å²) in [6.07, 6.45) is 0.525. The van der Waals surface area contributed by atoms with Crippen LogP contribution in [-0.4, -0.2) is 66.2 Å². The van der Waals surface area contributed by atoms with Crippen LogP contribution < -0.4 is 0 Å². The van der Waals surface area contributed by atoms with Gasteiger partial charge >= 0.3 is 0 Å². The van der Waals surface area contributed by atoms with Crippen LogP contribution in [0.2, 0.25) is 0 Å². The molecule has 126 valence electrons. The first-order chi connectivity index (χ1) is 11.0. The second kappa shape index (κ2) is 6.55. The van der Waals surface area contributed by atoms with Crippen molar-refractivity contribution in [1.82, 2.24) is 9.80 Å². The number of morpholine rings is 1. The fraction of sp³-hybridized carbons (Fsp3) is 0.588. The Balaban J connectivity index is 1.68. The summed E-state index contributed by atoms with van der Waals surface area (Å²) >= 11 is 0. The van der Waals surface area contributed by atoms with Crippen molar-refractivity contribution in [2.75, 3.05) is 39.8 Å². The Morgan fingerprint density at radius 2 is 1.91 bits per heavy atom. The summed E-state index contributed by atoms with van der Waals surface area (Å²) in [5.41, 5.74) is 0.128. The number of carbonyl (C=O) groups excluding carboxylic acids is 1. The zero-order chi connectivity index (χ0) is 16.4. The molecule has 0 saturated carbocycles. The highest BCUT2D eigenvalue weighted by Gasteiger charge is 2.41. The van der Waals surface area contributed by atoms with E-state index >= 15 is 0 Å². The van der Waals surface area contributed by atoms with Gasteiger partial charge in [0, 0.05) is 26.2 Å². The first-order valence-corrected chi connectivity index (χ1v) is 8.04. The van der Waals surface area contributed by atoms with Gasteiger partial charge in [0.2, 0.25) is 0 Å². The standard InChI is InChI=1S/C17H23FN2O3/c1-19-8-6-17(7-9-19)12-20(10-11-23-17)16(22)15(21)13-2-4-14(18)5-3-13/h2-5,15,21H,6-12H2,1H3. The molecule has 3 rings (SSSR count). The molecule has 2 saturated heterocycles. The third kappa shape index (κ3) is 3.54. The molecule has 6 heteroatoms. The highest BCUT2D eigenvalue weighted by Crippen LogP contribution is 2.30. The monoisotopic (exact) mass is 322 g/mol. The fourth-order valence-electron chi connectivity index (χ4n) is 3.32. The second-order valence-corrected chi connectivity index (χ2v) is 6.55. The topological polar surface area (TPSA) is 53.0 Å². The van der Waals surface area contributed by atoms with Gasteiger partial charge in [0.15, 0.2) is 6.10 Å². The zero-order valence-electron chi connectivity index (χ0n) is 13.4. The van der Waals surface area contributed by atoms with E-state index in [-0.39, 0.29) is 17.3 Å². The lowest BCUT2D eigenvalue weighted by Gasteiger charge is -2.47. The third-order valence-electron chi connectivity index (χ3n) is 4.88. The molecule has 2 heterocycles. The van der Waals surface area contributed by atoms with Crippen molar-refractivity contribution in [3.63, 3.8) is 0 Å². The van der Waals surface area contributed by atoms with E-state index in [1.807, 2.05) is 0 Å². The first-order valence-electron chi connectivity index (χ1n) is 8.04. The van der Waals surface area contributed by atoms with Gasteiger partial charge in [-0.3, -0.25) is 4.79 Å². The van der Waals surface area contributed by atoms with Crippen LogP contribution in [0, 0.1) is 5.82 Å². The van der Waals surface area contributed by atoms with Crippen LogP contribution in [0.5, 0.6) is 0 Å². The summed E-state index contributed by atoms with van der Waals surface area (Å²) in [4.78, 5) is 16.5. The number of likely N-dealkylation sites (tertiary alicyclic amines) is 1. The predicted octanol–water partition coefficient (Wildman–Crippen LogP) is 1.18. The number of amides is 1. The number of hydrogen-bond donors (Lipinski definition) is 1.